The third-order valence-electron chi connectivity index (χ3n) is 2.42. The molecule has 0 saturated carbocycles. The molecule has 1 aromatic carbocycles. The summed E-state index contributed by atoms with van der Waals surface area (Å²) in [6.07, 6.45) is 0. The Morgan fingerprint density at radius 3 is 2.74 bits per heavy atom. The van der Waals surface area contributed by atoms with Crippen molar-refractivity contribution in [3.63, 3.8) is 0 Å². The van der Waals surface area contributed by atoms with Crippen LogP contribution in [0.5, 0.6) is 5.75 Å². The fourth-order valence-electron chi connectivity index (χ4n) is 1.45. The second kappa shape index (κ2) is 6.69. The first kappa shape index (κ1) is 15.7. The molecule has 0 atom stereocenters. The fourth-order valence-corrected chi connectivity index (χ4v) is 1.64. The minimum absolute atomic E-state index is 0.0849. The van der Waals surface area contributed by atoms with Gasteiger partial charge in [-0.15, -0.1) is 0 Å². The van der Waals surface area contributed by atoms with Crippen LogP contribution in [0.3, 0.4) is 0 Å². The van der Waals surface area contributed by atoms with Crippen LogP contribution in [0.25, 0.3) is 0 Å². The third-order valence-corrected chi connectivity index (χ3v) is 2.66. The smallest absolute Gasteiger partial charge is 0.387 e. The fraction of sp³-hybridized carbons (Fsp3) is 0.462. The van der Waals surface area contributed by atoms with E-state index in [1.54, 1.807) is 19.9 Å². The van der Waals surface area contributed by atoms with Crippen molar-refractivity contribution in [2.75, 3.05) is 6.54 Å². The molecule has 3 nitrogen and oxygen atoms in total. The average molecular weight is 289 g/mol. The summed E-state index contributed by atoms with van der Waals surface area (Å²) in [5.74, 6) is 0.0849. The number of hydrogen-bond acceptors (Lipinski definition) is 3. The molecule has 19 heavy (non-hydrogen) atoms. The molecule has 0 aromatic heterocycles. The Morgan fingerprint density at radius 1 is 1.47 bits per heavy atom. The maximum Gasteiger partial charge on any atom is 0.387 e. The summed E-state index contributed by atoms with van der Waals surface area (Å²) < 4.78 is 28.9. The van der Waals surface area contributed by atoms with Crippen LogP contribution in [0.2, 0.25) is 5.02 Å². The van der Waals surface area contributed by atoms with E-state index < -0.39 is 12.0 Å². The molecule has 0 aliphatic carbocycles. The van der Waals surface area contributed by atoms with Crippen LogP contribution in [0.15, 0.2) is 18.2 Å². The number of rotatable bonds is 6. The van der Waals surface area contributed by atoms with Crippen molar-refractivity contribution < 1.29 is 13.5 Å². The number of ether oxygens (including phenoxy) is 1. The van der Waals surface area contributed by atoms with Gasteiger partial charge in [-0.3, -0.25) is 0 Å². The summed E-state index contributed by atoms with van der Waals surface area (Å²) in [5, 5.41) is 12.3. The molecule has 0 spiro atoms. The molecule has 0 fully saturated rings. The van der Waals surface area contributed by atoms with Crippen molar-refractivity contribution in [2.24, 2.45) is 5.41 Å². The standard InChI is InChI=1S/C13H15ClF2N2O/c1-13(2,7-17)8-18-6-9-5-10(14)3-4-11(9)19-12(15)16/h3-5,12,18H,6,8H2,1-2H3. The van der Waals surface area contributed by atoms with Gasteiger partial charge >= 0.3 is 6.61 Å². The first-order chi connectivity index (χ1) is 8.84. The number of nitrogens with zero attached hydrogens (tertiary/aromatic N) is 1. The molecule has 0 unspecified atom stereocenters. The molecule has 104 valence electrons. The van der Waals surface area contributed by atoms with Gasteiger partial charge in [-0.25, -0.2) is 0 Å². The van der Waals surface area contributed by atoms with Crippen molar-refractivity contribution in [2.45, 2.75) is 27.0 Å². The van der Waals surface area contributed by atoms with Crippen molar-refractivity contribution in [3.8, 4) is 11.8 Å². The summed E-state index contributed by atoms with van der Waals surface area (Å²) in [6.45, 7) is 1.43. The highest BCUT2D eigenvalue weighted by molar-refractivity contribution is 6.30. The number of benzene rings is 1. The molecular weight excluding hydrogens is 274 g/mol. The lowest BCUT2D eigenvalue weighted by molar-refractivity contribution is -0.0505. The van der Waals surface area contributed by atoms with E-state index in [-0.39, 0.29) is 5.75 Å². The van der Waals surface area contributed by atoms with Crippen LogP contribution >= 0.6 is 11.6 Å². The van der Waals surface area contributed by atoms with Crippen molar-refractivity contribution >= 4 is 11.6 Å². The van der Waals surface area contributed by atoms with Gasteiger partial charge in [0, 0.05) is 23.7 Å². The van der Waals surface area contributed by atoms with Crippen molar-refractivity contribution in [3.05, 3.63) is 28.8 Å². The van der Waals surface area contributed by atoms with E-state index >= 15 is 0 Å². The van der Waals surface area contributed by atoms with Crippen molar-refractivity contribution in [1.29, 1.82) is 5.26 Å². The molecule has 1 N–H and O–H groups in total. The van der Waals surface area contributed by atoms with Crippen molar-refractivity contribution in [1.82, 2.24) is 5.32 Å². The van der Waals surface area contributed by atoms with Gasteiger partial charge < -0.3 is 10.1 Å². The Kier molecular flexibility index (Phi) is 5.52. The Balaban J connectivity index is 2.71. The maximum absolute atomic E-state index is 12.2. The predicted molar refractivity (Wildman–Crippen MR) is 69.2 cm³/mol. The number of hydrogen-bond donors (Lipinski definition) is 1. The lowest BCUT2D eigenvalue weighted by Crippen LogP contribution is -2.27. The minimum Gasteiger partial charge on any atom is -0.434 e. The van der Waals surface area contributed by atoms with Gasteiger partial charge in [-0.2, -0.15) is 14.0 Å². The minimum atomic E-state index is -2.88. The van der Waals surface area contributed by atoms with Crippen LogP contribution in [-0.4, -0.2) is 13.2 Å². The summed E-state index contributed by atoms with van der Waals surface area (Å²) in [4.78, 5) is 0. The number of nitriles is 1. The second-order valence-corrected chi connectivity index (χ2v) is 5.17. The van der Waals surface area contributed by atoms with Crippen LogP contribution < -0.4 is 10.1 Å². The largest absolute Gasteiger partial charge is 0.434 e. The first-order valence-electron chi connectivity index (χ1n) is 5.69. The molecule has 0 aliphatic rings. The molecule has 1 rings (SSSR count). The van der Waals surface area contributed by atoms with Crippen LogP contribution in [-0.2, 0) is 6.54 Å². The summed E-state index contributed by atoms with van der Waals surface area (Å²) in [7, 11) is 0. The highest BCUT2D eigenvalue weighted by Crippen LogP contribution is 2.24. The van der Waals surface area contributed by atoms with Gasteiger partial charge in [0.1, 0.15) is 5.75 Å². The topological polar surface area (TPSA) is 45.0 Å². The van der Waals surface area contributed by atoms with E-state index in [2.05, 4.69) is 16.1 Å². The van der Waals surface area contributed by atoms with Crippen LogP contribution in [0.4, 0.5) is 8.78 Å². The molecule has 0 bridgehead atoms. The Bertz CT molecular complexity index is 472. The average Bonchev–Trinajstić information content (AvgIpc) is 2.32. The molecule has 0 saturated heterocycles. The quantitative estimate of drug-likeness (QED) is 0.870. The zero-order valence-corrected chi connectivity index (χ0v) is 11.5. The Labute approximate surface area is 116 Å². The van der Waals surface area contributed by atoms with Gasteiger partial charge in [-0.1, -0.05) is 11.6 Å². The number of alkyl halides is 2. The van der Waals surface area contributed by atoms with E-state index in [1.165, 1.54) is 12.1 Å². The van der Waals surface area contributed by atoms with E-state index in [0.717, 1.165) is 0 Å². The summed E-state index contributed by atoms with van der Waals surface area (Å²) in [5.41, 5.74) is 0.00372. The van der Waals surface area contributed by atoms with Gasteiger partial charge in [-0.05, 0) is 32.0 Å². The molecular formula is C13H15ClF2N2O. The van der Waals surface area contributed by atoms with E-state index in [4.69, 9.17) is 16.9 Å². The highest BCUT2D eigenvalue weighted by atomic mass is 35.5. The van der Waals surface area contributed by atoms with Gasteiger partial charge in [0.2, 0.25) is 0 Å². The van der Waals surface area contributed by atoms with Gasteiger partial charge in [0.25, 0.3) is 0 Å². The van der Waals surface area contributed by atoms with E-state index in [1.807, 2.05) is 0 Å². The molecule has 1 aromatic rings. The first-order valence-corrected chi connectivity index (χ1v) is 6.07. The van der Waals surface area contributed by atoms with E-state index in [9.17, 15) is 8.78 Å². The normalized spacial score (nSPS) is 11.4. The highest BCUT2D eigenvalue weighted by Gasteiger charge is 2.16. The van der Waals surface area contributed by atoms with Crippen LogP contribution in [0.1, 0.15) is 19.4 Å². The molecule has 0 heterocycles. The zero-order valence-electron chi connectivity index (χ0n) is 10.7. The Hall–Kier alpha value is -1.38. The third kappa shape index (κ3) is 5.41. The molecule has 0 aliphatic heterocycles. The molecule has 0 amide bonds. The second-order valence-electron chi connectivity index (χ2n) is 4.73. The summed E-state index contributed by atoms with van der Waals surface area (Å²) >= 11 is 5.83. The number of halogens is 3. The zero-order chi connectivity index (χ0) is 14.5. The number of nitrogens with one attached hydrogen (secondary N) is 1. The SMILES string of the molecule is CC(C)(C#N)CNCc1cc(Cl)ccc1OC(F)F. The van der Waals surface area contributed by atoms with Crippen LogP contribution in [0, 0.1) is 16.7 Å². The lowest BCUT2D eigenvalue weighted by Gasteiger charge is -2.17. The molecule has 6 heteroatoms. The Morgan fingerprint density at radius 2 is 2.16 bits per heavy atom. The maximum atomic E-state index is 12.2. The monoisotopic (exact) mass is 288 g/mol. The molecule has 0 radical (unpaired) electrons. The lowest BCUT2D eigenvalue weighted by atomic mass is 9.96. The van der Waals surface area contributed by atoms with Gasteiger partial charge in [0.15, 0.2) is 0 Å². The van der Waals surface area contributed by atoms with Gasteiger partial charge in [0.05, 0.1) is 11.5 Å². The predicted octanol–water partition coefficient (Wildman–Crippen LogP) is 3.58. The summed E-state index contributed by atoms with van der Waals surface area (Å²) in [6, 6.07) is 6.60. The van der Waals surface area contributed by atoms with E-state index in [0.29, 0.717) is 23.7 Å².